The number of pyridine rings is 2. The third kappa shape index (κ3) is 3.06. The topological polar surface area (TPSA) is 91.8 Å². The van der Waals surface area contributed by atoms with Crippen LogP contribution in [0.1, 0.15) is 17.7 Å². The van der Waals surface area contributed by atoms with Gasteiger partial charge in [0.05, 0.1) is 24.0 Å². The van der Waals surface area contributed by atoms with Crippen LogP contribution in [0.2, 0.25) is 5.28 Å². The van der Waals surface area contributed by atoms with Crippen LogP contribution in [0.5, 0.6) is 5.88 Å². The third-order valence-electron chi connectivity index (χ3n) is 6.62. The van der Waals surface area contributed by atoms with E-state index in [-0.39, 0.29) is 10.8 Å². The minimum Gasteiger partial charge on any atom is -0.481 e. The number of aromatic nitrogens is 5. The molecule has 2 aliphatic heterocycles. The van der Waals surface area contributed by atoms with E-state index in [1.54, 1.807) is 7.11 Å². The second-order valence-corrected chi connectivity index (χ2v) is 8.71. The van der Waals surface area contributed by atoms with Crippen LogP contribution in [0.25, 0.3) is 22.3 Å². The summed E-state index contributed by atoms with van der Waals surface area (Å²) in [6.45, 7) is 2.70. The summed E-state index contributed by atoms with van der Waals surface area (Å²) >= 11 is 6.14. The molecule has 0 saturated carbocycles. The molecule has 6 rings (SSSR count). The molecule has 0 aliphatic carbocycles. The first-order chi connectivity index (χ1) is 15.7. The highest BCUT2D eigenvalue weighted by Crippen LogP contribution is 2.47. The molecule has 2 unspecified atom stereocenters. The standard InChI is InChI=1S/C23H22ClN7O/c1-32-19-5-2-14(9-28-19)12-31-16-8-23(31,13-25-11-16)18-4-3-15(10-27-18)20-17-6-7-26-21(17)30-22(24)29-20/h2-7,9-10,16,25H,8,11-13H2,1H3,(H,26,29,30). The van der Waals surface area contributed by atoms with Crippen LogP contribution < -0.4 is 10.1 Å². The van der Waals surface area contributed by atoms with Gasteiger partial charge in [-0.15, -0.1) is 0 Å². The van der Waals surface area contributed by atoms with Gasteiger partial charge in [-0.25, -0.2) is 9.97 Å². The molecule has 2 bridgehead atoms. The van der Waals surface area contributed by atoms with Crippen molar-refractivity contribution in [1.29, 1.82) is 0 Å². The molecule has 4 aromatic heterocycles. The number of piperazine rings is 1. The van der Waals surface area contributed by atoms with E-state index in [1.807, 2.05) is 30.7 Å². The first kappa shape index (κ1) is 19.6. The van der Waals surface area contributed by atoms with Crippen molar-refractivity contribution in [3.63, 3.8) is 0 Å². The predicted molar refractivity (Wildman–Crippen MR) is 121 cm³/mol. The van der Waals surface area contributed by atoms with Gasteiger partial charge >= 0.3 is 0 Å². The molecule has 6 heterocycles. The molecule has 2 fully saturated rings. The molecule has 4 aromatic rings. The number of nitrogens with one attached hydrogen (secondary N) is 2. The number of hydrogen-bond donors (Lipinski definition) is 2. The Morgan fingerprint density at radius 1 is 1.16 bits per heavy atom. The van der Waals surface area contributed by atoms with E-state index < -0.39 is 0 Å². The quantitative estimate of drug-likeness (QED) is 0.454. The zero-order valence-corrected chi connectivity index (χ0v) is 18.3. The molecule has 2 saturated heterocycles. The normalized spacial score (nSPS) is 22.6. The van der Waals surface area contributed by atoms with Gasteiger partial charge in [0.25, 0.3) is 0 Å². The Bertz CT molecular complexity index is 1270. The van der Waals surface area contributed by atoms with Crippen LogP contribution >= 0.6 is 11.6 Å². The lowest BCUT2D eigenvalue weighted by Gasteiger charge is -2.62. The number of aromatic amines is 1. The van der Waals surface area contributed by atoms with Gasteiger partial charge in [0.1, 0.15) is 5.65 Å². The second kappa shape index (κ2) is 7.51. The average molecular weight is 448 g/mol. The fraction of sp³-hybridized carbons (Fsp3) is 0.304. The zero-order chi connectivity index (χ0) is 21.7. The Hall–Kier alpha value is -3.07. The highest BCUT2D eigenvalue weighted by atomic mass is 35.5. The monoisotopic (exact) mass is 447 g/mol. The number of H-pyrrole nitrogens is 1. The Morgan fingerprint density at radius 2 is 2.09 bits per heavy atom. The number of rotatable bonds is 5. The molecule has 0 amide bonds. The lowest BCUT2D eigenvalue weighted by atomic mass is 9.72. The number of nitrogens with zero attached hydrogens (tertiary/aromatic N) is 5. The first-order valence-electron chi connectivity index (χ1n) is 10.6. The summed E-state index contributed by atoms with van der Waals surface area (Å²) in [7, 11) is 1.63. The van der Waals surface area contributed by atoms with Crippen LogP contribution in [-0.2, 0) is 12.1 Å². The van der Waals surface area contributed by atoms with E-state index in [4.69, 9.17) is 21.3 Å². The molecule has 0 radical (unpaired) electrons. The van der Waals surface area contributed by atoms with Gasteiger partial charge in [-0.3, -0.25) is 9.88 Å². The van der Waals surface area contributed by atoms with Crippen molar-refractivity contribution >= 4 is 22.6 Å². The maximum absolute atomic E-state index is 6.14. The van der Waals surface area contributed by atoms with Gasteiger partial charge in [0.2, 0.25) is 11.2 Å². The third-order valence-corrected chi connectivity index (χ3v) is 6.79. The molecule has 2 atom stereocenters. The van der Waals surface area contributed by atoms with Crippen molar-refractivity contribution in [3.05, 3.63) is 65.5 Å². The molecule has 2 N–H and O–H groups in total. The van der Waals surface area contributed by atoms with E-state index in [2.05, 4.69) is 48.4 Å². The van der Waals surface area contributed by atoms with Gasteiger partial charge in [0, 0.05) is 61.3 Å². The maximum atomic E-state index is 6.14. The van der Waals surface area contributed by atoms with Crippen LogP contribution in [0.3, 0.4) is 0 Å². The SMILES string of the molecule is COc1ccc(CN2C3CNCC2(c2ccc(-c4nc(Cl)nc5[nH]ccc45)cn2)C3)cn1. The Labute approximate surface area is 190 Å². The Morgan fingerprint density at radius 3 is 2.84 bits per heavy atom. The van der Waals surface area contributed by atoms with E-state index in [1.165, 1.54) is 5.56 Å². The maximum Gasteiger partial charge on any atom is 0.224 e. The van der Waals surface area contributed by atoms with Crippen LogP contribution in [-0.4, -0.2) is 56.1 Å². The van der Waals surface area contributed by atoms with Crippen molar-refractivity contribution < 1.29 is 4.74 Å². The van der Waals surface area contributed by atoms with Crippen LogP contribution in [0.15, 0.2) is 48.9 Å². The van der Waals surface area contributed by atoms with Crippen LogP contribution in [0, 0.1) is 0 Å². The van der Waals surface area contributed by atoms with Crippen molar-refractivity contribution in [2.24, 2.45) is 0 Å². The predicted octanol–water partition coefficient (Wildman–Crippen LogP) is 3.15. The summed E-state index contributed by atoms with van der Waals surface area (Å²) in [6.07, 6.45) is 6.72. The van der Waals surface area contributed by atoms with Crippen molar-refractivity contribution in [2.45, 2.75) is 24.5 Å². The molecular weight excluding hydrogens is 426 g/mol. The van der Waals surface area contributed by atoms with E-state index in [0.717, 1.165) is 54.0 Å². The molecule has 2 aliphatic rings. The summed E-state index contributed by atoms with van der Waals surface area (Å²) in [6, 6.07) is 10.6. The molecule has 32 heavy (non-hydrogen) atoms. The van der Waals surface area contributed by atoms with Gasteiger partial charge in [0.15, 0.2) is 0 Å². The summed E-state index contributed by atoms with van der Waals surface area (Å²) < 4.78 is 5.19. The van der Waals surface area contributed by atoms with Gasteiger partial charge in [-0.1, -0.05) is 6.07 Å². The molecule has 0 aromatic carbocycles. The van der Waals surface area contributed by atoms with E-state index in [9.17, 15) is 0 Å². The smallest absolute Gasteiger partial charge is 0.224 e. The minimum absolute atomic E-state index is 0.117. The van der Waals surface area contributed by atoms with Crippen molar-refractivity contribution in [3.8, 4) is 17.1 Å². The van der Waals surface area contributed by atoms with Gasteiger partial charge in [-0.05, 0) is 41.8 Å². The molecule has 9 heteroatoms. The Kier molecular flexibility index (Phi) is 4.60. The van der Waals surface area contributed by atoms with Crippen molar-refractivity contribution in [1.82, 2.24) is 35.1 Å². The average Bonchev–Trinajstić information content (AvgIpc) is 3.31. The van der Waals surface area contributed by atoms with Gasteiger partial charge in [-0.2, -0.15) is 4.98 Å². The number of ether oxygens (including phenoxy) is 1. The first-order valence-corrected chi connectivity index (χ1v) is 11.0. The highest BCUT2D eigenvalue weighted by Gasteiger charge is 2.55. The minimum atomic E-state index is -0.117. The largest absolute Gasteiger partial charge is 0.481 e. The molecular formula is C23H22ClN7O. The van der Waals surface area contributed by atoms with E-state index >= 15 is 0 Å². The molecule has 8 nitrogen and oxygen atoms in total. The number of hydrogen-bond acceptors (Lipinski definition) is 7. The number of methoxy groups -OCH3 is 1. The molecule has 162 valence electrons. The second-order valence-electron chi connectivity index (χ2n) is 8.37. The summed E-state index contributed by atoms with van der Waals surface area (Å²) in [5, 5.41) is 4.72. The number of fused-ring (bicyclic) bond motifs is 3. The number of halogens is 1. The molecule has 0 spiro atoms. The zero-order valence-electron chi connectivity index (χ0n) is 17.5. The lowest BCUT2D eigenvalue weighted by molar-refractivity contribution is -0.114. The summed E-state index contributed by atoms with van der Waals surface area (Å²) in [5.74, 6) is 0.632. The lowest BCUT2D eigenvalue weighted by Crippen LogP contribution is -2.73. The summed E-state index contributed by atoms with van der Waals surface area (Å²) in [5.41, 5.74) is 4.55. The fourth-order valence-corrected chi connectivity index (χ4v) is 5.21. The summed E-state index contributed by atoms with van der Waals surface area (Å²) in [4.78, 5) is 23.6. The van der Waals surface area contributed by atoms with Gasteiger partial charge < -0.3 is 15.0 Å². The number of piperidine rings is 1. The highest BCUT2D eigenvalue weighted by molar-refractivity contribution is 6.28. The Balaban J connectivity index is 1.31. The fourth-order valence-electron chi connectivity index (χ4n) is 5.04. The van der Waals surface area contributed by atoms with E-state index in [0.29, 0.717) is 11.9 Å². The van der Waals surface area contributed by atoms with Crippen molar-refractivity contribution in [2.75, 3.05) is 20.2 Å². The van der Waals surface area contributed by atoms with Crippen LogP contribution in [0.4, 0.5) is 0 Å².